The monoisotopic (exact) mass is 523 g/mol. The number of allylic oxidation sites excluding steroid dienone is 2. The lowest BCUT2D eigenvalue weighted by atomic mass is 9.80. The Bertz CT molecular complexity index is 1330. The average molecular weight is 524 g/mol. The number of hydrogen-bond acceptors (Lipinski definition) is 9. The van der Waals surface area contributed by atoms with Crippen LogP contribution < -0.4 is 10.6 Å². The molecule has 0 unspecified atom stereocenters. The molecule has 0 spiro atoms. The smallest absolute Gasteiger partial charge is 0.337 e. The minimum absolute atomic E-state index is 0.0444. The van der Waals surface area contributed by atoms with E-state index in [4.69, 9.17) is 9.47 Å². The van der Waals surface area contributed by atoms with Crippen LogP contribution in [0.1, 0.15) is 49.5 Å². The van der Waals surface area contributed by atoms with Gasteiger partial charge in [0.05, 0.1) is 40.2 Å². The van der Waals surface area contributed by atoms with Crippen molar-refractivity contribution in [3.63, 3.8) is 0 Å². The molecule has 0 saturated heterocycles. The highest BCUT2D eigenvalue weighted by Crippen LogP contribution is 2.40. The van der Waals surface area contributed by atoms with Crippen molar-refractivity contribution >= 4 is 23.5 Å². The summed E-state index contributed by atoms with van der Waals surface area (Å²) in [5.74, 6) is -3.16. The molecule has 0 radical (unpaired) electrons. The van der Waals surface area contributed by atoms with E-state index in [0.717, 1.165) is 0 Å². The number of dihydropyridines is 1. The van der Waals surface area contributed by atoms with Crippen molar-refractivity contribution in [2.24, 2.45) is 0 Å². The number of amides is 1. The Morgan fingerprint density at radius 2 is 1.71 bits per heavy atom. The van der Waals surface area contributed by atoms with Gasteiger partial charge >= 0.3 is 11.9 Å². The number of nitro benzene ring substituents is 1. The average Bonchev–Trinajstić information content (AvgIpc) is 2.85. The molecule has 1 aliphatic heterocycles. The quantitative estimate of drug-likeness (QED) is 0.194. The molecule has 1 heterocycles. The first kappa shape index (κ1) is 27.9. The van der Waals surface area contributed by atoms with E-state index in [1.165, 1.54) is 30.3 Å². The Morgan fingerprint density at radius 1 is 1.05 bits per heavy atom. The van der Waals surface area contributed by atoms with Gasteiger partial charge in [-0.1, -0.05) is 24.3 Å². The van der Waals surface area contributed by atoms with Crippen LogP contribution in [0, 0.1) is 10.1 Å². The molecule has 11 heteroatoms. The van der Waals surface area contributed by atoms with Crippen LogP contribution in [0.3, 0.4) is 0 Å². The van der Waals surface area contributed by atoms with Crippen LogP contribution in [0.5, 0.6) is 5.75 Å². The zero-order valence-corrected chi connectivity index (χ0v) is 21.4. The van der Waals surface area contributed by atoms with E-state index in [9.17, 15) is 29.6 Å². The third-order valence-corrected chi connectivity index (χ3v) is 5.73. The number of esters is 2. The molecule has 200 valence electrons. The van der Waals surface area contributed by atoms with Gasteiger partial charge in [-0.25, -0.2) is 9.59 Å². The fourth-order valence-corrected chi connectivity index (χ4v) is 4.11. The number of non-ortho nitro benzene ring substituents is 1. The van der Waals surface area contributed by atoms with Crippen molar-refractivity contribution in [3.05, 3.63) is 92.3 Å². The zero-order valence-electron chi connectivity index (χ0n) is 21.4. The summed E-state index contributed by atoms with van der Waals surface area (Å²) in [6.07, 6.45) is -0.441. The van der Waals surface area contributed by atoms with E-state index in [0.29, 0.717) is 17.0 Å². The lowest BCUT2D eigenvalue weighted by molar-refractivity contribution is -0.384. The molecule has 38 heavy (non-hydrogen) atoms. The number of carbonyl (C=O) groups excluding carboxylic acids is 3. The van der Waals surface area contributed by atoms with Gasteiger partial charge in [-0.15, -0.1) is 0 Å². The van der Waals surface area contributed by atoms with Crippen molar-refractivity contribution in [2.75, 3.05) is 13.2 Å². The Labute approximate surface area is 219 Å². The molecule has 0 saturated carbocycles. The largest absolute Gasteiger partial charge is 0.507 e. The Morgan fingerprint density at radius 3 is 2.34 bits per heavy atom. The van der Waals surface area contributed by atoms with E-state index >= 15 is 0 Å². The van der Waals surface area contributed by atoms with Crippen molar-refractivity contribution in [3.8, 4) is 5.75 Å². The standard InChI is InChI=1S/C27H29N3O8/c1-15(2)38-27(34)23-17(4)29-16(3)22(24(23)18-8-7-9-19(14-18)30(35)36)26(33)37-13-12-28-25(32)20-10-5-6-11-21(20)31/h5-11,14-15,24,29,31H,12-13H2,1-4H3,(H,28,32)/t24-/m0/s1. The first-order valence-electron chi connectivity index (χ1n) is 11.9. The molecular formula is C27H29N3O8. The van der Waals surface area contributed by atoms with Gasteiger partial charge in [0.15, 0.2) is 0 Å². The summed E-state index contributed by atoms with van der Waals surface area (Å²) in [7, 11) is 0. The Kier molecular flexibility index (Phi) is 8.85. The topological polar surface area (TPSA) is 157 Å². The van der Waals surface area contributed by atoms with E-state index < -0.39 is 34.8 Å². The van der Waals surface area contributed by atoms with Crippen molar-refractivity contribution in [1.82, 2.24) is 10.6 Å². The SMILES string of the molecule is CC1=C(C(=O)OCCNC(=O)c2ccccc2O)[C@H](c2cccc([N+](=O)[O-])c2)C(C(=O)OC(C)C)=C(C)N1. The molecule has 2 aromatic rings. The second-order valence-electron chi connectivity index (χ2n) is 8.85. The number of carbonyl (C=O) groups is 3. The van der Waals surface area contributed by atoms with Crippen LogP contribution in [0.25, 0.3) is 0 Å². The summed E-state index contributed by atoms with van der Waals surface area (Å²) in [5.41, 5.74) is 1.28. The fourth-order valence-electron chi connectivity index (χ4n) is 4.11. The van der Waals surface area contributed by atoms with Crippen LogP contribution >= 0.6 is 0 Å². The number of nitrogens with zero attached hydrogens (tertiary/aromatic N) is 1. The lowest BCUT2D eigenvalue weighted by Gasteiger charge is -2.30. The summed E-state index contributed by atoms with van der Waals surface area (Å²) in [6.45, 7) is 6.41. The van der Waals surface area contributed by atoms with Crippen LogP contribution in [0.15, 0.2) is 71.1 Å². The number of hydrogen-bond donors (Lipinski definition) is 3. The van der Waals surface area contributed by atoms with E-state index in [1.54, 1.807) is 45.9 Å². The lowest BCUT2D eigenvalue weighted by Crippen LogP contribution is -2.34. The highest BCUT2D eigenvalue weighted by Gasteiger charge is 2.38. The predicted octanol–water partition coefficient (Wildman–Crippen LogP) is 3.46. The van der Waals surface area contributed by atoms with Crippen LogP contribution in [0.2, 0.25) is 0 Å². The number of phenols is 1. The van der Waals surface area contributed by atoms with E-state index in [2.05, 4.69) is 10.6 Å². The van der Waals surface area contributed by atoms with Gasteiger partial charge in [0.2, 0.25) is 0 Å². The number of benzene rings is 2. The number of ether oxygens (including phenoxy) is 2. The highest BCUT2D eigenvalue weighted by molar-refractivity contribution is 6.00. The maximum atomic E-state index is 13.3. The van der Waals surface area contributed by atoms with Crippen LogP contribution in [0.4, 0.5) is 5.69 Å². The number of rotatable bonds is 9. The molecule has 1 aliphatic rings. The van der Waals surface area contributed by atoms with Crippen molar-refractivity contribution in [1.29, 1.82) is 0 Å². The Balaban J connectivity index is 1.86. The second-order valence-corrected chi connectivity index (χ2v) is 8.85. The summed E-state index contributed by atoms with van der Waals surface area (Å²) in [4.78, 5) is 49.5. The minimum Gasteiger partial charge on any atom is -0.507 e. The Hall–Kier alpha value is -4.67. The van der Waals surface area contributed by atoms with Crippen molar-refractivity contribution < 1.29 is 33.9 Å². The normalized spacial score (nSPS) is 15.1. The highest BCUT2D eigenvalue weighted by atomic mass is 16.6. The summed E-state index contributed by atoms with van der Waals surface area (Å²) >= 11 is 0. The fraction of sp³-hybridized carbons (Fsp3) is 0.296. The van der Waals surface area contributed by atoms with Gasteiger partial charge in [0.1, 0.15) is 12.4 Å². The molecule has 1 atom stereocenters. The van der Waals surface area contributed by atoms with Crippen LogP contribution in [-0.4, -0.2) is 47.1 Å². The molecule has 3 N–H and O–H groups in total. The number of phenolic OH excluding ortho intramolecular Hbond substituents is 1. The number of nitro groups is 1. The van der Waals surface area contributed by atoms with Gasteiger partial charge in [-0.05, 0) is 45.4 Å². The first-order valence-corrected chi connectivity index (χ1v) is 11.9. The molecule has 0 aliphatic carbocycles. The summed E-state index contributed by atoms with van der Waals surface area (Å²) in [5, 5.41) is 26.8. The van der Waals surface area contributed by atoms with Gasteiger partial charge in [-0.3, -0.25) is 14.9 Å². The van der Waals surface area contributed by atoms with Crippen molar-refractivity contribution in [2.45, 2.75) is 39.7 Å². The second kappa shape index (κ2) is 12.0. The first-order chi connectivity index (χ1) is 18.0. The van der Waals surface area contributed by atoms with Gasteiger partial charge in [0.25, 0.3) is 11.6 Å². The van der Waals surface area contributed by atoms with Gasteiger partial charge < -0.3 is 25.2 Å². The zero-order chi connectivity index (χ0) is 28.0. The molecule has 0 aromatic heterocycles. The molecule has 2 aromatic carbocycles. The molecule has 11 nitrogen and oxygen atoms in total. The summed E-state index contributed by atoms with van der Waals surface area (Å²) < 4.78 is 10.8. The number of para-hydroxylation sites is 1. The molecule has 1 amide bonds. The number of aromatic hydroxyl groups is 1. The summed E-state index contributed by atoms with van der Waals surface area (Å²) in [6, 6.07) is 11.7. The van der Waals surface area contributed by atoms with E-state index in [1.807, 2.05) is 0 Å². The molecule has 3 rings (SSSR count). The number of nitrogens with one attached hydrogen (secondary N) is 2. The van der Waals surface area contributed by atoms with Gasteiger partial charge in [-0.2, -0.15) is 0 Å². The van der Waals surface area contributed by atoms with Gasteiger partial charge in [0, 0.05) is 23.5 Å². The third kappa shape index (κ3) is 6.36. The molecule has 0 fully saturated rings. The third-order valence-electron chi connectivity index (χ3n) is 5.73. The van der Waals surface area contributed by atoms with Crippen LogP contribution in [-0.2, 0) is 19.1 Å². The minimum atomic E-state index is -0.995. The predicted molar refractivity (Wildman–Crippen MR) is 137 cm³/mol. The molecular weight excluding hydrogens is 494 g/mol. The molecule has 0 bridgehead atoms. The maximum Gasteiger partial charge on any atom is 0.337 e. The van der Waals surface area contributed by atoms with E-state index in [-0.39, 0.29) is 41.3 Å². The maximum absolute atomic E-state index is 13.3.